The minimum Gasteiger partial charge on any atom is -0.382 e. The van der Waals surface area contributed by atoms with Crippen LogP contribution >= 0.6 is 0 Å². The molecule has 1 rings (SSSR count). The van der Waals surface area contributed by atoms with Crippen LogP contribution in [0.4, 0.5) is 5.69 Å². The lowest BCUT2D eigenvalue weighted by molar-refractivity contribution is 0.185. The number of hydrogen-bond donors (Lipinski definition) is 1. The Kier molecular flexibility index (Phi) is 5.67. The quantitative estimate of drug-likeness (QED) is 0.803. The van der Waals surface area contributed by atoms with Crippen LogP contribution in [-0.2, 0) is 11.3 Å². The van der Waals surface area contributed by atoms with Gasteiger partial charge in [0.1, 0.15) is 0 Å². The molecule has 0 bridgehead atoms. The van der Waals surface area contributed by atoms with Crippen LogP contribution in [0.3, 0.4) is 0 Å². The van der Waals surface area contributed by atoms with E-state index in [1.807, 2.05) is 0 Å². The molecule has 0 aliphatic carbocycles. The summed E-state index contributed by atoms with van der Waals surface area (Å²) in [6.45, 7) is 9.78. The normalized spacial score (nSPS) is 13.4. The third-order valence-corrected chi connectivity index (χ3v) is 3.05. The molecule has 18 heavy (non-hydrogen) atoms. The zero-order chi connectivity index (χ0) is 13.6. The topological polar surface area (TPSA) is 21.3 Å². The standard InChI is InChI=1S/C16H27NO/c1-13(10-11-16(2,3)4)17-15-9-7-6-8-14(15)12-18-5/h6-9,13,17H,10-12H2,1-5H3. The van der Waals surface area contributed by atoms with Crippen molar-refractivity contribution in [2.75, 3.05) is 12.4 Å². The van der Waals surface area contributed by atoms with Crippen molar-refractivity contribution in [3.8, 4) is 0 Å². The Morgan fingerprint density at radius 1 is 1.22 bits per heavy atom. The smallest absolute Gasteiger partial charge is 0.0733 e. The van der Waals surface area contributed by atoms with Gasteiger partial charge >= 0.3 is 0 Å². The van der Waals surface area contributed by atoms with E-state index in [0.29, 0.717) is 18.1 Å². The van der Waals surface area contributed by atoms with Crippen LogP contribution in [0.25, 0.3) is 0 Å². The van der Waals surface area contributed by atoms with E-state index in [1.54, 1.807) is 7.11 Å². The summed E-state index contributed by atoms with van der Waals surface area (Å²) in [5.74, 6) is 0. The van der Waals surface area contributed by atoms with E-state index in [9.17, 15) is 0 Å². The highest BCUT2D eigenvalue weighted by molar-refractivity contribution is 5.51. The van der Waals surface area contributed by atoms with Crippen molar-refractivity contribution >= 4 is 5.69 Å². The largest absolute Gasteiger partial charge is 0.382 e. The molecule has 0 saturated carbocycles. The lowest BCUT2D eigenvalue weighted by Crippen LogP contribution is -2.19. The maximum absolute atomic E-state index is 5.22. The number of rotatable bonds is 6. The predicted molar refractivity (Wildman–Crippen MR) is 78.9 cm³/mol. The van der Waals surface area contributed by atoms with Gasteiger partial charge in [-0.25, -0.2) is 0 Å². The van der Waals surface area contributed by atoms with E-state index in [-0.39, 0.29) is 0 Å². The monoisotopic (exact) mass is 249 g/mol. The molecule has 0 aliphatic heterocycles. The number of hydrogen-bond acceptors (Lipinski definition) is 2. The van der Waals surface area contributed by atoms with Gasteiger partial charge < -0.3 is 10.1 Å². The molecule has 0 fully saturated rings. The van der Waals surface area contributed by atoms with Crippen molar-refractivity contribution in [2.24, 2.45) is 5.41 Å². The Labute approximate surface area is 112 Å². The summed E-state index contributed by atoms with van der Waals surface area (Å²) >= 11 is 0. The van der Waals surface area contributed by atoms with Gasteiger partial charge in [-0.2, -0.15) is 0 Å². The lowest BCUT2D eigenvalue weighted by atomic mass is 9.89. The summed E-state index contributed by atoms with van der Waals surface area (Å²) in [5, 5.41) is 3.59. The second kappa shape index (κ2) is 6.79. The summed E-state index contributed by atoms with van der Waals surface area (Å²) in [5.41, 5.74) is 2.82. The van der Waals surface area contributed by atoms with Gasteiger partial charge in [-0.3, -0.25) is 0 Å². The minimum absolute atomic E-state index is 0.405. The average molecular weight is 249 g/mol. The number of nitrogens with one attached hydrogen (secondary N) is 1. The Balaban J connectivity index is 2.55. The zero-order valence-corrected chi connectivity index (χ0v) is 12.4. The number of ether oxygens (including phenoxy) is 1. The molecule has 0 aromatic heterocycles. The van der Waals surface area contributed by atoms with E-state index in [2.05, 4.69) is 57.3 Å². The molecule has 0 heterocycles. The summed E-state index contributed by atoms with van der Waals surface area (Å²) in [6, 6.07) is 8.85. The number of methoxy groups -OCH3 is 1. The van der Waals surface area contributed by atoms with Crippen LogP contribution in [0.1, 0.15) is 46.1 Å². The van der Waals surface area contributed by atoms with Crippen LogP contribution < -0.4 is 5.32 Å². The molecule has 1 atom stereocenters. The minimum atomic E-state index is 0.405. The molecule has 1 aromatic rings. The molecule has 2 heteroatoms. The van der Waals surface area contributed by atoms with Gasteiger partial charge in [0, 0.05) is 24.4 Å². The van der Waals surface area contributed by atoms with Crippen molar-refractivity contribution in [2.45, 2.75) is 53.2 Å². The molecule has 0 radical (unpaired) electrons. The first-order chi connectivity index (χ1) is 8.42. The van der Waals surface area contributed by atoms with Crippen molar-refractivity contribution in [1.29, 1.82) is 0 Å². The van der Waals surface area contributed by atoms with Gasteiger partial charge in [0.2, 0.25) is 0 Å². The fraction of sp³-hybridized carbons (Fsp3) is 0.625. The predicted octanol–water partition coefficient (Wildman–Crippen LogP) is 4.46. The molecule has 0 aliphatic rings. The zero-order valence-electron chi connectivity index (χ0n) is 12.4. The maximum Gasteiger partial charge on any atom is 0.0733 e. The highest BCUT2D eigenvalue weighted by Gasteiger charge is 2.13. The number of para-hydroxylation sites is 1. The van der Waals surface area contributed by atoms with Crippen molar-refractivity contribution in [1.82, 2.24) is 0 Å². The Morgan fingerprint density at radius 3 is 2.50 bits per heavy atom. The SMILES string of the molecule is COCc1ccccc1NC(C)CCC(C)(C)C. The van der Waals surface area contributed by atoms with E-state index >= 15 is 0 Å². The Bertz CT molecular complexity index is 354. The van der Waals surface area contributed by atoms with E-state index in [4.69, 9.17) is 4.74 Å². The first-order valence-corrected chi connectivity index (χ1v) is 6.76. The van der Waals surface area contributed by atoms with Gasteiger partial charge in [-0.1, -0.05) is 39.0 Å². The fourth-order valence-electron chi connectivity index (χ4n) is 1.93. The summed E-state index contributed by atoms with van der Waals surface area (Å²) in [6.07, 6.45) is 2.42. The van der Waals surface area contributed by atoms with E-state index in [0.717, 1.165) is 0 Å². The third kappa shape index (κ3) is 5.54. The van der Waals surface area contributed by atoms with Crippen LogP contribution in [0.5, 0.6) is 0 Å². The summed E-state index contributed by atoms with van der Waals surface area (Å²) < 4.78 is 5.22. The molecule has 0 spiro atoms. The molecule has 1 unspecified atom stereocenters. The van der Waals surface area contributed by atoms with Crippen LogP contribution in [-0.4, -0.2) is 13.2 Å². The highest BCUT2D eigenvalue weighted by atomic mass is 16.5. The maximum atomic E-state index is 5.22. The molecular formula is C16H27NO. The Hall–Kier alpha value is -1.02. The van der Waals surface area contributed by atoms with Gasteiger partial charge in [0.25, 0.3) is 0 Å². The Morgan fingerprint density at radius 2 is 1.89 bits per heavy atom. The second-order valence-corrected chi connectivity index (χ2v) is 6.23. The third-order valence-electron chi connectivity index (χ3n) is 3.05. The molecule has 0 saturated heterocycles. The van der Waals surface area contributed by atoms with Crippen molar-refractivity contribution < 1.29 is 4.74 Å². The first kappa shape index (κ1) is 15.0. The highest BCUT2D eigenvalue weighted by Crippen LogP contribution is 2.23. The summed E-state index contributed by atoms with van der Waals surface area (Å²) in [4.78, 5) is 0. The summed E-state index contributed by atoms with van der Waals surface area (Å²) in [7, 11) is 1.74. The molecular weight excluding hydrogens is 222 g/mol. The van der Waals surface area contributed by atoms with Gasteiger partial charge in [-0.15, -0.1) is 0 Å². The van der Waals surface area contributed by atoms with Crippen LogP contribution in [0.2, 0.25) is 0 Å². The molecule has 1 N–H and O–H groups in total. The lowest BCUT2D eigenvalue weighted by Gasteiger charge is -2.23. The molecule has 1 aromatic carbocycles. The number of anilines is 1. The fourth-order valence-corrected chi connectivity index (χ4v) is 1.93. The van der Waals surface area contributed by atoms with Gasteiger partial charge in [0.05, 0.1) is 6.61 Å². The van der Waals surface area contributed by atoms with Gasteiger partial charge in [-0.05, 0) is 31.2 Å². The van der Waals surface area contributed by atoms with Crippen molar-refractivity contribution in [3.63, 3.8) is 0 Å². The van der Waals surface area contributed by atoms with Crippen molar-refractivity contribution in [3.05, 3.63) is 29.8 Å². The van der Waals surface area contributed by atoms with Crippen LogP contribution in [0, 0.1) is 5.41 Å². The number of benzene rings is 1. The van der Waals surface area contributed by atoms with Gasteiger partial charge in [0.15, 0.2) is 0 Å². The first-order valence-electron chi connectivity index (χ1n) is 6.76. The average Bonchev–Trinajstić information content (AvgIpc) is 2.29. The molecule has 2 nitrogen and oxygen atoms in total. The van der Waals surface area contributed by atoms with E-state index in [1.165, 1.54) is 24.1 Å². The van der Waals surface area contributed by atoms with E-state index < -0.39 is 0 Å². The van der Waals surface area contributed by atoms with Crippen LogP contribution in [0.15, 0.2) is 24.3 Å². The second-order valence-electron chi connectivity index (χ2n) is 6.23. The molecule has 102 valence electrons. The molecule has 0 amide bonds.